The van der Waals surface area contributed by atoms with Crippen molar-refractivity contribution in [2.45, 2.75) is 32.2 Å². The number of benzene rings is 2. The summed E-state index contributed by atoms with van der Waals surface area (Å²) < 4.78 is 16.2. The van der Waals surface area contributed by atoms with Gasteiger partial charge in [0.15, 0.2) is 0 Å². The minimum atomic E-state index is -0.769. The number of methoxy groups -OCH3 is 3. The molecule has 0 spiro atoms. The van der Waals surface area contributed by atoms with Gasteiger partial charge in [0.2, 0.25) is 0 Å². The Morgan fingerprint density at radius 2 is 1.69 bits per heavy atom. The highest BCUT2D eigenvalue weighted by molar-refractivity contribution is 6.46. The molecule has 1 saturated heterocycles. The van der Waals surface area contributed by atoms with Gasteiger partial charge >= 0.3 is 0 Å². The van der Waals surface area contributed by atoms with Crippen molar-refractivity contribution < 1.29 is 28.9 Å². The van der Waals surface area contributed by atoms with Gasteiger partial charge in [0, 0.05) is 18.2 Å². The van der Waals surface area contributed by atoms with E-state index < -0.39 is 17.7 Å². The fourth-order valence-electron chi connectivity index (χ4n) is 4.00. The van der Waals surface area contributed by atoms with E-state index in [0.29, 0.717) is 34.9 Å². The number of hydrogen-bond donors (Lipinski definition) is 1. The molecule has 1 amide bonds. The molecule has 1 heterocycles. The highest BCUT2D eigenvalue weighted by Gasteiger charge is 2.47. The molecule has 1 unspecified atom stereocenters. The summed E-state index contributed by atoms with van der Waals surface area (Å²) >= 11 is 0. The van der Waals surface area contributed by atoms with E-state index in [1.165, 1.54) is 26.2 Å². The number of aliphatic hydroxyl groups excluding tert-OH is 1. The third kappa shape index (κ3) is 4.28. The maximum absolute atomic E-state index is 13.2. The van der Waals surface area contributed by atoms with Crippen LogP contribution in [0.5, 0.6) is 17.2 Å². The number of aliphatic hydroxyl groups is 1. The molecule has 170 valence electrons. The number of ketones is 1. The summed E-state index contributed by atoms with van der Waals surface area (Å²) in [6.45, 7) is 2.47. The van der Waals surface area contributed by atoms with Gasteiger partial charge in [-0.2, -0.15) is 0 Å². The van der Waals surface area contributed by atoms with Crippen LogP contribution in [0.25, 0.3) is 5.76 Å². The van der Waals surface area contributed by atoms with Crippen molar-refractivity contribution in [1.29, 1.82) is 0 Å². The summed E-state index contributed by atoms with van der Waals surface area (Å²) in [5.74, 6) is -0.249. The number of carbonyl (C=O) groups is 2. The van der Waals surface area contributed by atoms with Crippen molar-refractivity contribution in [3.8, 4) is 17.2 Å². The van der Waals surface area contributed by atoms with Gasteiger partial charge in [0.1, 0.15) is 23.0 Å². The number of carbonyl (C=O) groups excluding carboxylic acids is 2. The highest BCUT2D eigenvalue weighted by atomic mass is 16.5. The number of amides is 1. The summed E-state index contributed by atoms with van der Waals surface area (Å²) in [5.41, 5.74) is 0.957. The van der Waals surface area contributed by atoms with Gasteiger partial charge in [-0.1, -0.05) is 38.0 Å². The van der Waals surface area contributed by atoms with Crippen molar-refractivity contribution in [3.63, 3.8) is 0 Å². The van der Waals surface area contributed by atoms with E-state index in [-0.39, 0.29) is 11.3 Å². The van der Waals surface area contributed by atoms with Crippen LogP contribution in [-0.2, 0) is 9.59 Å². The molecule has 2 aromatic rings. The van der Waals surface area contributed by atoms with Crippen LogP contribution in [0.4, 0.5) is 0 Å². The second kappa shape index (κ2) is 10.2. The van der Waals surface area contributed by atoms with Crippen molar-refractivity contribution in [3.05, 3.63) is 59.2 Å². The Balaban J connectivity index is 2.21. The van der Waals surface area contributed by atoms with Gasteiger partial charge in [-0.25, -0.2) is 0 Å². The maximum atomic E-state index is 13.2. The van der Waals surface area contributed by atoms with Gasteiger partial charge in [-0.3, -0.25) is 9.59 Å². The Morgan fingerprint density at radius 1 is 0.969 bits per heavy atom. The van der Waals surface area contributed by atoms with Crippen LogP contribution < -0.4 is 14.2 Å². The lowest BCUT2D eigenvalue weighted by molar-refractivity contribution is -0.139. The first kappa shape index (κ1) is 23.2. The average Bonchev–Trinajstić information content (AvgIpc) is 3.08. The lowest BCUT2D eigenvalue weighted by Gasteiger charge is -2.26. The molecule has 7 nitrogen and oxygen atoms in total. The minimum Gasteiger partial charge on any atom is -0.507 e. The predicted octanol–water partition coefficient (Wildman–Crippen LogP) is 4.32. The summed E-state index contributed by atoms with van der Waals surface area (Å²) in [5, 5.41) is 11.3. The first-order chi connectivity index (χ1) is 15.5. The maximum Gasteiger partial charge on any atom is 0.295 e. The molecule has 0 bridgehead atoms. The molecule has 3 rings (SSSR count). The third-order valence-electron chi connectivity index (χ3n) is 5.64. The number of nitrogens with zero attached hydrogens (tertiary/aromatic N) is 1. The van der Waals surface area contributed by atoms with Crippen LogP contribution >= 0.6 is 0 Å². The molecule has 1 fully saturated rings. The molecule has 0 saturated carbocycles. The molecule has 7 heteroatoms. The molecule has 1 atom stereocenters. The first-order valence-corrected chi connectivity index (χ1v) is 10.6. The zero-order valence-electron chi connectivity index (χ0n) is 18.9. The van der Waals surface area contributed by atoms with Gasteiger partial charge in [-0.15, -0.1) is 0 Å². The molecule has 1 N–H and O–H groups in total. The topological polar surface area (TPSA) is 85.3 Å². The Hall–Kier alpha value is -3.48. The summed E-state index contributed by atoms with van der Waals surface area (Å²) in [6.07, 6.45) is 2.65. The Morgan fingerprint density at radius 3 is 2.34 bits per heavy atom. The van der Waals surface area contributed by atoms with Crippen molar-refractivity contribution in [2.24, 2.45) is 0 Å². The number of para-hydroxylation sites is 1. The predicted molar refractivity (Wildman–Crippen MR) is 121 cm³/mol. The van der Waals surface area contributed by atoms with Crippen LogP contribution in [-0.4, -0.2) is 49.6 Å². The van der Waals surface area contributed by atoms with Gasteiger partial charge < -0.3 is 24.2 Å². The standard InChI is InChI=1S/C25H29NO6/c1-5-6-9-14-26-22(17-10-7-8-11-19(17)31-3)21(24(28)25(26)29)23(27)18-13-12-16(30-2)15-20(18)32-4/h7-8,10-13,15,22,27H,5-6,9,14H2,1-4H3/b23-21+. The Labute approximate surface area is 188 Å². The molecule has 0 aromatic heterocycles. The van der Waals surface area contributed by atoms with Gasteiger partial charge in [-0.05, 0) is 24.6 Å². The normalized spacial score (nSPS) is 17.5. The largest absolute Gasteiger partial charge is 0.507 e. The Bertz CT molecular complexity index is 1030. The zero-order chi connectivity index (χ0) is 23.3. The molecule has 1 aliphatic rings. The van der Waals surface area contributed by atoms with Crippen LogP contribution in [0.2, 0.25) is 0 Å². The molecule has 0 radical (unpaired) electrons. The fraction of sp³-hybridized carbons (Fsp3) is 0.360. The smallest absolute Gasteiger partial charge is 0.295 e. The van der Waals surface area contributed by atoms with E-state index in [1.807, 2.05) is 12.1 Å². The third-order valence-corrected chi connectivity index (χ3v) is 5.64. The summed E-state index contributed by atoms with van der Waals surface area (Å²) in [7, 11) is 4.53. The van der Waals surface area contributed by atoms with Gasteiger partial charge in [0.05, 0.1) is 38.5 Å². The van der Waals surface area contributed by atoms with Crippen molar-refractivity contribution in [2.75, 3.05) is 27.9 Å². The molecular formula is C25H29NO6. The number of unbranched alkanes of at least 4 members (excludes halogenated alkanes) is 2. The second-order valence-electron chi connectivity index (χ2n) is 7.51. The molecule has 1 aliphatic heterocycles. The van der Waals surface area contributed by atoms with E-state index in [0.717, 1.165) is 19.3 Å². The van der Waals surface area contributed by atoms with Gasteiger partial charge in [0.25, 0.3) is 11.7 Å². The lowest BCUT2D eigenvalue weighted by atomic mass is 9.94. The fourth-order valence-corrected chi connectivity index (χ4v) is 4.00. The molecule has 0 aliphatic carbocycles. The van der Waals surface area contributed by atoms with Crippen LogP contribution in [0.1, 0.15) is 43.4 Å². The molecular weight excluding hydrogens is 410 g/mol. The summed E-state index contributed by atoms with van der Waals surface area (Å²) in [4.78, 5) is 27.7. The van der Waals surface area contributed by atoms with Crippen LogP contribution in [0.3, 0.4) is 0 Å². The van der Waals surface area contributed by atoms with E-state index in [1.54, 1.807) is 30.3 Å². The average molecular weight is 440 g/mol. The number of rotatable bonds is 9. The van der Waals surface area contributed by atoms with Crippen LogP contribution in [0.15, 0.2) is 48.0 Å². The number of hydrogen-bond acceptors (Lipinski definition) is 6. The highest BCUT2D eigenvalue weighted by Crippen LogP contribution is 2.44. The monoisotopic (exact) mass is 439 g/mol. The Kier molecular flexibility index (Phi) is 7.41. The number of ether oxygens (including phenoxy) is 3. The quantitative estimate of drug-likeness (QED) is 0.271. The van der Waals surface area contributed by atoms with Crippen molar-refractivity contribution >= 4 is 17.4 Å². The number of likely N-dealkylation sites (tertiary alicyclic amines) is 1. The van der Waals surface area contributed by atoms with E-state index >= 15 is 0 Å². The van der Waals surface area contributed by atoms with Crippen LogP contribution in [0, 0.1) is 0 Å². The SMILES string of the molecule is CCCCCN1C(=O)C(=O)/C(=C(/O)c2ccc(OC)cc2OC)C1c1ccccc1OC. The van der Waals surface area contributed by atoms with E-state index in [4.69, 9.17) is 14.2 Å². The van der Waals surface area contributed by atoms with E-state index in [9.17, 15) is 14.7 Å². The zero-order valence-corrected chi connectivity index (χ0v) is 18.9. The molecule has 2 aromatic carbocycles. The number of Topliss-reactive ketones (excluding diaryl/α,β-unsaturated/α-hetero) is 1. The summed E-state index contributed by atoms with van der Waals surface area (Å²) in [6, 6.07) is 11.3. The van der Waals surface area contributed by atoms with E-state index in [2.05, 4.69) is 6.92 Å². The lowest BCUT2D eigenvalue weighted by Crippen LogP contribution is -2.30. The second-order valence-corrected chi connectivity index (χ2v) is 7.51. The minimum absolute atomic E-state index is 0.0134. The first-order valence-electron chi connectivity index (χ1n) is 10.6. The van der Waals surface area contributed by atoms with Crippen molar-refractivity contribution in [1.82, 2.24) is 4.90 Å². The molecule has 32 heavy (non-hydrogen) atoms.